The number of halogens is 1. The van der Waals surface area contributed by atoms with E-state index in [2.05, 4.69) is 18.9 Å². The second-order valence-electron chi connectivity index (χ2n) is 6.90. The highest BCUT2D eigenvalue weighted by Crippen LogP contribution is 2.47. The van der Waals surface area contributed by atoms with Crippen LogP contribution in [0.1, 0.15) is 50.9 Å². The minimum absolute atomic E-state index is 0.241. The zero-order valence-corrected chi connectivity index (χ0v) is 13.4. The molecule has 1 N–H and O–H groups in total. The van der Waals surface area contributed by atoms with Crippen molar-refractivity contribution < 1.29 is 9.90 Å². The van der Waals surface area contributed by atoms with E-state index in [1.54, 1.807) is 4.68 Å². The highest BCUT2D eigenvalue weighted by molar-refractivity contribution is 6.31. The lowest BCUT2D eigenvalue weighted by Crippen LogP contribution is -2.40. The summed E-state index contributed by atoms with van der Waals surface area (Å²) in [7, 11) is 1.83. The molecule has 1 aromatic heterocycles. The van der Waals surface area contributed by atoms with Crippen molar-refractivity contribution in [1.82, 2.24) is 9.78 Å². The maximum atomic E-state index is 11.8. The van der Waals surface area contributed by atoms with E-state index < -0.39 is 11.4 Å². The number of carboxylic acids is 1. The Bertz CT molecular complexity index is 524. The minimum Gasteiger partial charge on any atom is -0.481 e. The topological polar surface area (TPSA) is 55.1 Å². The van der Waals surface area contributed by atoms with E-state index in [9.17, 15) is 9.90 Å². The molecule has 1 aliphatic carbocycles. The largest absolute Gasteiger partial charge is 0.481 e. The molecule has 1 fully saturated rings. The van der Waals surface area contributed by atoms with Crippen LogP contribution in [-0.4, -0.2) is 20.9 Å². The monoisotopic (exact) mass is 298 g/mol. The van der Waals surface area contributed by atoms with E-state index in [0.29, 0.717) is 24.3 Å². The number of aryl methyl sites for hydroxylation is 2. The third kappa shape index (κ3) is 2.71. The third-order valence-corrected chi connectivity index (χ3v) is 5.27. The van der Waals surface area contributed by atoms with Crippen molar-refractivity contribution in [3.05, 3.63) is 16.4 Å². The van der Waals surface area contributed by atoms with E-state index in [0.717, 1.165) is 24.2 Å². The Morgan fingerprint density at radius 2 is 1.90 bits per heavy atom. The quantitative estimate of drug-likeness (QED) is 0.927. The predicted octanol–water partition coefficient (Wildman–Crippen LogP) is 3.60. The normalized spacial score (nSPS) is 20.9. The summed E-state index contributed by atoms with van der Waals surface area (Å²) in [5.41, 5.74) is 1.15. The van der Waals surface area contributed by atoms with E-state index in [1.807, 2.05) is 14.0 Å². The van der Waals surface area contributed by atoms with Gasteiger partial charge < -0.3 is 5.11 Å². The van der Waals surface area contributed by atoms with Crippen molar-refractivity contribution in [3.8, 4) is 0 Å². The summed E-state index contributed by atoms with van der Waals surface area (Å²) in [6, 6.07) is 0. The highest BCUT2D eigenvalue weighted by atomic mass is 35.5. The van der Waals surface area contributed by atoms with Gasteiger partial charge in [0, 0.05) is 13.5 Å². The fourth-order valence-electron chi connectivity index (χ4n) is 3.06. The maximum absolute atomic E-state index is 11.8. The van der Waals surface area contributed by atoms with Gasteiger partial charge in [0.1, 0.15) is 0 Å². The first kappa shape index (κ1) is 15.4. The number of rotatable bonds is 3. The van der Waals surface area contributed by atoms with Crippen molar-refractivity contribution in [3.63, 3.8) is 0 Å². The van der Waals surface area contributed by atoms with Gasteiger partial charge >= 0.3 is 5.97 Å². The smallest absolute Gasteiger partial charge is 0.310 e. The predicted molar refractivity (Wildman–Crippen MR) is 79.0 cm³/mol. The molecule has 20 heavy (non-hydrogen) atoms. The molecule has 1 aromatic rings. The molecule has 1 aliphatic rings. The zero-order chi connectivity index (χ0) is 15.1. The van der Waals surface area contributed by atoms with Crippen LogP contribution in [0.2, 0.25) is 5.02 Å². The Hall–Kier alpha value is -1.03. The van der Waals surface area contributed by atoms with Crippen molar-refractivity contribution in [2.45, 2.75) is 52.9 Å². The van der Waals surface area contributed by atoms with Crippen molar-refractivity contribution >= 4 is 17.6 Å². The van der Waals surface area contributed by atoms with Gasteiger partial charge in [-0.05, 0) is 38.0 Å². The lowest BCUT2D eigenvalue weighted by Gasteiger charge is -2.40. The molecule has 5 heteroatoms. The molecule has 1 heterocycles. The maximum Gasteiger partial charge on any atom is 0.310 e. The Kier molecular flexibility index (Phi) is 3.89. The van der Waals surface area contributed by atoms with E-state index >= 15 is 0 Å². The van der Waals surface area contributed by atoms with Crippen LogP contribution in [0, 0.1) is 17.8 Å². The van der Waals surface area contributed by atoms with Crippen LogP contribution in [-0.2, 0) is 18.3 Å². The lowest BCUT2D eigenvalue weighted by molar-refractivity contribution is -0.152. The van der Waals surface area contributed by atoms with Gasteiger partial charge in [-0.25, -0.2) is 0 Å². The average molecular weight is 299 g/mol. The summed E-state index contributed by atoms with van der Waals surface area (Å²) in [6.45, 7) is 6.27. The number of aromatic nitrogens is 2. The highest BCUT2D eigenvalue weighted by Gasteiger charge is 2.45. The van der Waals surface area contributed by atoms with Gasteiger partial charge in [-0.2, -0.15) is 5.10 Å². The second kappa shape index (κ2) is 5.06. The number of hydrogen-bond donors (Lipinski definition) is 1. The number of aliphatic carboxylic acids is 1. The second-order valence-corrected chi connectivity index (χ2v) is 7.27. The van der Waals surface area contributed by atoms with Crippen LogP contribution in [0.3, 0.4) is 0 Å². The molecule has 0 aromatic carbocycles. The molecule has 0 atom stereocenters. The summed E-state index contributed by atoms with van der Waals surface area (Å²) in [4.78, 5) is 11.8. The molecule has 0 aliphatic heterocycles. The first-order chi connectivity index (χ1) is 9.17. The molecule has 0 unspecified atom stereocenters. The Morgan fingerprint density at radius 1 is 1.35 bits per heavy atom. The van der Waals surface area contributed by atoms with Crippen molar-refractivity contribution in [2.75, 3.05) is 0 Å². The first-order valence-corrected chi connectivity index (χ1v) is 7.46. The fraction of sp³-hybridized carbons (Fsp3) is 0.733. The van der Waals surface area contributed by atoms with Gasteiger partial charge in [0.15, 0.2) is 0 Å². The average Bonchev–Trinajstić information content (AvgIpc) is 2.58. The minimum atomic E-state index is -0.706. The van der Waals surface area contributed by atoms with Gasteiger partial charge in [-0.3, -0.25) is 9.48 Å². The third-order valence-electron chi connectivity index (χ3n) is 4.78. The van der Waals surface area contributed by atoms with Crippen LogP contribution in [0.15, 0.2) is 0 Å². The van der Waals surface area contributed by atoms with E-state index in [4.69, 9.17) is 11.6 Å². The Morgan fingerprint density at radius 3 is 2.30 bits per heavy atom. The number of nitrogens with zero attached hydrogens (tertiary/aromatic N) is 2. The van der Waals surface area contributed by atoms with Gasteiger partial charge in [0.2, 0.25) is 0 Å². The van der Waals surface area contributed by atoms with Crippen LogP contribution < -0.4 is 0 Å². The fourth-order valence-corrected chi connectivity index (χ4v) is 3.29. The Labute approximate surface area is 125 Å². The van der Waals surface area contributed by atoms with Gasteiger partial charge in [0.05, 0.1) is 21.8 Å². The molecular weight excluding hydrogens is 276 g/mol. The summed E-state index contributed by atoms with van der Waals surface area (Å²) in [5.74, 6) is -0.706. The summed E-state index contributed by atoms with van der Waals surface area (Å²) < 4.78 is 1.72. The molecule has 4 nitrogen and oxygen atoms in total. The standard InChI is InChI=1S/C15H23ClN2O2/c1-10-12(16)11(18(4)17-10)9-15(13(19)20)7-5-14(2,3)6-8-15/h5-9H2,1-4H3,(H,19,20). The SMILES string of the molecule is Cc1nn(C)c(CC2(C(=O)O)CCC(C)(C)CC2)c1Cl. The molecule has 0 saturated heterocycles. The molecule has 112 valence electrons. The van der Waals surface area contributed by atoms with Crippen LogP contribution in [0.5, 0.6) is 0 Å². The van der Waals surface area contributed by atoms with Gasteiger partial charge in [0.25, 0.3) is 0 Å². The lowest BCUT2D eigenvalue weighted by atomic mass is 9.63. The van der Waals surface area contributed by atoms with Gasteiger partial charge in [-0.1, -0.05) is 25.4 Å². The van der Waals surface area contributed by atoms with Crippen molar-refractivity contribution in [2.24, 2.45) is 17.9 Å². The van der Waals surface area contributed by atoms with Crippen LogP contribution >= 0.6 is 11.6 Å². The molecule has 0 amide bonds. The van der Waals surface area contributed by atoms with Gasteiger partial charge in [-0.15, -0.1) is 0 Å². The summed E-state index contributed by atoms with van der Waals surface area (Å²) in [5, 5.41) is 14.6. The number of carboxylic acid groups (broad SMARTS) is 1. The molecule has 2 rings (SSSR count). The molecular formula is C15H23ClN2O2. The first-order valence-electron chi connectivity index (χ1n) is 7.08. The Balaban J connectivity index is 2.29. The zero-order valence-electron chi connectivity index (χ0n) is 12.7. The van der Waals surface area contributed by atoms with E-state index in [1.165, 1.54) is 0 Å². The molecule has 1 saturated carbocycles. The summed E-state index contributed by atoms with van der Waals surface area (Å²) >= 11 is 6.28. The van der Waals surface area contributed by atoms with E-state index in [-0.39, 0.29) is 5.41 Å². The van der Waals surface area contributed by atoms with Crippen LogP contribution in [0.25, 0.3) is 0 Å². The number of carbonyl (C=O) groups is 1. The summed E-state index contributed by atoms with van der Waals surface area (Å²) in [6.07, 6.45) is 3.75. The molecule has 0 spiro atoms. The molecule has 0 radical (unpaired) electrons. The van der Waals surface area contributed by atoms with Crippen LogP contribution in [0.4, 0.5) is 0 Å². The number of hydrogen-bond acceptors (Lipinski definition) is 2. The van der Waals surface area contributed by atoms with Crippen molar-refractivity contribution in [1.29, 1.82) is 0 Å². The molecule has 0 bridgehead atoms.